The monoisotopic (exact) mass is 385 g/mol. The van der Waals surface area contributed by atoms with Crippen LogP contribution in [-0.2, 0) is 23.0 Å². The lowest BCUT2D eigenvalue weighted by molar-refractivity contribution is 0.475. The Hall–Kier alpha value is -1.73. The van der Waals surface area contributed by atoms with Crippen molar-refractivity contribution >= 4 is 28.1 Å². The van der Waals surface area contributed by atoms with Crippen molar-refractivity contribution in [2.24, 2.45) is 0 Å². The number of fused-ring (bicyclic) bond motifs is 1. The van der Waals surface area contributed by atoms with Crippen LogP contribution < -0.4 is 4.72 Å². The number of phenols is 1. The first kappa shape index (κ1) is 19.6. The molecule has 1 heterocycles. The molecule has 25 heavy (non-hydrogen) atoms. The molecule has 6 nitrogen and oxygen atoms in total. The molecule has 0 aliphatic heterocycles. The number of rotatable bonds is 5. The second kappa shape index (κ2) is 7.66. The lowest BCUT2D eigenvalue weighted by Crippen LogP contribution is -2.17. The number of benzene rings is 1. The molecule has 2 N–H and O–H groups in total. The molecule has 138 valence electrons. The van der Waals surface area contributed by atoms with Crippen LogP contribution in [0.5, 0.6) is 5.75 Å². The summed E-state index contributed by atoms with van der Waals surface area (Å²) in [6.45, 7) is 3.06. The minimum absolute atomic E-state index is 0. The maximum atomic E-state index is 11.6. The lowest BCUT2D eigenvalue weighted by atomic mass is 9.80. The van der Waals surface area contributed by atoms with Gasteiger partial charge < -0.3 is 9.67 Å². The van der Waals surface area contributed by atoms with Crippen molar-refractivity contribution in [1.29, 1.82) is 0 Å². The van der Waals surface area contributed by atoms with Crippen molar-refractivity contribution in [2.75, 3.05) is 11.0 Å². The van der Waals surface area contributed by atoms with Crippen LogP contribution in [0.25, 0.3) is 0 Å². The largest absolute Gasteiger partial charge is 0.506 e. The fraction of sp³-hybridized carbons (Fsp3) is 0.471. The fourth-order valence-corrected chi connectivity index (χ4v) is 4.03. The molecule has 0 spiro atoms. The SMILES string of the molecule is CCCn1cnc(C2CCCc3c2ccc(O)c3NS(C)(=O)=O)c1.Cl. The highest BCUT2D eigenvalue weighted by atomic mass is 35.5. The van der Waals surface area contributed by atoms with Gasteiger partial charge in [-0.25, -0.2) is 13.4 Å². The summed E-state index contributed by atoms with van der Waals surface area (Å²) in [4.78, 5) is 4.55. The molecule has 0 bridgehead atoms. The molecular formula is C17H24ClN3O3S. The number of hydrogen-bond acceptors (Lipinski definition) is 4. The zero-order valence-corrected chi connectivity index (χ0v) is 16.0. The summed E-state index contributed by atoms with van der Waals surface area (Å²) in [7, 11) is -3.45. The van der Waals surface area contributed by atoms with Gasteiger partial charge in [-0.3, -0.25) is 4.72 Å². The van der Waals surface area contributed by atoms with Gasteiger partial charge in [-0.2, -0.15) is 0 Å². The Bertz CT molecular complexity index is 849. The predicted molar refractivity (Wildman–Crippen MR) is 101 cm³/mol. The van der Waals surface area contributed by atoms with E-state index in [2.05, 4.69) is 27.4 Å². The molecule has 1 aromatic heterocycles. The van der Waals surface area contributed by atoms with Crippen LogP contribution in [-0.4, -0.2) is 29.3 Å². The molecule has 1 atom stereocenters. The maximum Gasteiger partial charge on any atom is 0.229 e. The van der Waals surface area contributed by atoms with Gasteiger partial charge in [0, 0.05) is 18.7 Å². The Morgan fingerprint density at radius 3 is 2.84 bits per heavy atom. The van der Waals surface area contributed by atoms with E-state index in [0.717, 1.165) is 55.3 Å². The zero-order chi connectivity index (χ0) is 17.3. The van der Waals surface area contributed by atoms with Crippen LogP contribution >= 0.6 is 12.4 Å². The van der Waals surface area contributed by atoms with Gasteiger partial charge in [-0.1, -0.05) is 13.0 Å². The Morgan fingerprint density at radius 1 is 1.40 bits per heavy atom. The molecule has 0 saturated carbocycles. The summed E-state index contributed by atoms with van der Waals surface area (Å²) in [5.41, 5.74) is 3.24. The Labute approximate surface area is 154 Å². The van der Waals surface area contributed by atoms with Crippen molar-refractivity contribution in [2.45, 2.75) is 45.1 Å². The Morgan fingerprint density at radius 2 is 2.16 bits per heavy atom. The van der Waals surface area contributed by atoms with Crippen LogP contribution in [0, 0.1) is 0 Å². The number of aromatic nitrogens is 2. The summed E-state index contributed by atoms with van der Waals surface area (Å²) >= 11 is 0. The average molecular weight is 386 g/mol. The van der Waals surface area contributed by atoms with Gasteiger partial charge in [0.05, 0.1) is 24.0 Å². The lowest BCUT2D eigenvalue weighted by Gasteiger charge is -2.27. The van der Waals surface area contributed by atoms with E-state index in [-0.39, 0.29) is 24.1 Å². The van der Waals surface area contributed by atoms with E-state index < -0.39 is 10.0 Å². The van der Waals surface area contributed by atoms with Gasteiger partial charge in [0.1, 0.15) is 5.75 Å². The highest BCUT2D eigenvalue weighted by molar-refractivity contribution is 7.92. The zero-order valence-electron chi connectivity index (χ0n) is 14.4. The van der Waals surface area contributed by atoms with E-state index in [1.807, 2.05) is 12.4 Å². The summed E-state index contributed by atoms with van der Waals surface area (Å²) in [6.07, 6.45) is 8.71. The third-order valence-corrected chi connectivity index (χ3v) is 4.98. The molecule has 0 amide bonds. The van der Waals surface area contributed by atoms with E-state index in [1.54, 1.807) is 6.07 Å². The highest BCUT2D eigenvalue weighted by Crippen LogP contribution is 2.42. The quantitative estimate of drug-likeness (QED) is 0.773. The summed E-state index contributed by atoms with van der Waals surface area (Å²) < 4.78 is 27.8. The minimum Gasteiger partial charge on any atom is -0.506 e. The van der Waals surface area contributed by atoms with Crippen molar-refractivity contribution in [3.05, 3.63) is 41.5 Å². The first-order chi connectivity index (χ1) is 11.4. The van der Waals surface area contributed by atoms with Crippen LogP contribution in [0.15, 0.2) is 24.7 Å². The number of sulfonamides is 1. The maximum absolute atomic E-state index is 11.6. The van der Waals surface area contributed by atoms with Gasteiger partial charge in [-0.15, -0.1) is 12.4 Å². The van der Waals surface area contributed by atoms with E-state index in [4.69, 9.17) is 0 Å². The average Bonchev–Trinajstić information content (AvgIpc) is 2.97. The van der Waals surface area contributed by atoms with Crippen molar-refractivity contribution in [3.8, 4) is 5.75 Å². The topological polar surface area (TPSA) is 84.2 Å². The molecular weight excluding hydrogens is 362 g/mol. The number of aromatic hydroxyl groups is 1. The van der Waals surface area contributed by atoms with Gasteiger partial charge in [-0.05, 0) is 42.9 Å². The number of hydrogen-bond donors (Lipinski definition) is 2. The van der Waals surface area contributed by atoms with E-state index in [9.17, 15) is 13.5 Å². The van der Waals surface area contributed by atoms with E-state index in [1.165, 1.54) is 0 Å². The second-order valence-corrected chi connectivity index (χ2v) is 8.13. The number of halogens is 1. The summed E-state index contributed by atoms with van der Waals surface area (Å²) in [5, 5.41) is 10.1. The van der Waals surface area contributed by atoms with Gasteiger partial charge in [0.25, 0.3) is 0 Å². The van der Waals surface area contributed by atoms with Crippen LogP contribution in [0.4, 0.5) is 5.69 Å². The molecule has 1 aromatic carbocycles. The predicted octanol–water partition coefficient (Wildman–Crippen LogP) is 3.26. The minimum atomic E-state index is -3.45. The number of anilines is 1. The molecule has 0 fully saturated rings. The molecule has 0 radical (unpaired) electrons. The number of aryl methyl sites for hydroxylation is 1. The smallest absolute Gasteiger partial charge is 0.229 e. The Balaban J connectivity index is 0.00000225. The normalized spacial score (nSPS) is 16.8. The van der Waals surface area contributed by atoms with E-state index in [0.29, 0.717) is 5.69 Å². The molecule has 1 aliphatic carbocycles. The summed E-state index contributed by atoms with van der Waals surface area (Å²) in [6, 6.07) is 3.45. The van der Waals surface area contributed by atoms with Gasteiger partial charge in [0.2, 0.25) is 10.0 Å². The molecule has 2 aromatic rings. The molecule has 0 saturated heterocycles. The van der Waals surface area contributed by atoms with Gasteiger partial charge >= 0.3 is 0 Å². The highest BCUT2D eigenvalue weighted by Gasteiger charge is 2.27. The third kappa shape index (κ3) is 4.27. The second-order valence-electron chi connectivity index (χ2n) is 6.38. The molecule has 3 rings (SSSR count). The number of nitrogens with one attached hydrogen (secondary N) is 1. The van der Waals surface area contributed by atoms with Gasteiger partial charge in [0.15, 0.2) is 0 Å². The first-order valence-corrected chi connectivity index (χ1v) is 10.1. The van der Waals surface area contributed by atoms with Crippen molar-refractivity contribution in [3.63, 3.8) is 0 Å². The van der Waals surface area contributed by atoms with Crippen LogP contribution in [0.2, 0.25) is 0 Å². The number of nitrogens with zero attached hydrogens (tertiary/aromatic N) is 2. The van der Waals surface area contributed by atoms with E-state index >= 15 is 0 Å². The van der Waals surface area contributed by atoms with Crippen molar-refractivity contribution in [1.82, 2.24) is 9.55 Å². The molecule has 1 aliphatic rings. The Kier molecular flexibility index (Phi) is 6.00. The fourth-order valence-electron chi connectivity index (χ4n) is 3.43. The standard InChI is InChI=1S/C17H23N3O3S.ClH/c1-3-9-20-10-15(18-11-20)13-5-4-6-14-12(13)7-8-16(21)17(14)19-24(2,22)23;/h7-8,10-11,13,19,21H,3-6,9H2,1-2H3;1H. The van der Waals surface area contributed by atoms with Crippen LogP contribution in [0.1, 0.15) is 48.9 Å². The number of phenolic OH excluding ortho intramolecular Hbond substituents is 1. The number of imidazole rings is 1. The molecule has 1 unspecified atom stereocenters. The summed E-state index contributed by atoms with van der Waals surface area (Å²) in [5.74, 6) is 0.101. The third-order valence-electron chi connectivity index (χ3n) is 4.40. The first-order valence-electron chi connectivity index (χ1n) is 8.23. The molecule has 8 heteroatoms. The van der Waals surface area contributed by atoms with Crippen molar-refractivity contribution < 1.29 is 13.5 Å². The van der Waals surface area contributed by atoms with Crippen LogP contribution in [0.3, 0.4) is 0 Å².